The highest BCUT2D eigenvalue weighted by Gasteiger charge is 2.38. The summed E-state index contributed by atoms with van der Waals surface area (Å²) in [5, 5.41) is 18.6. The van der Waals surface area contributed by atoms with Gasteiger partial charge in [0, 0.05) is 24.3 Å². The molecule has 1 aliphatic rings. The number of amides is 1. The zero-order valence-electron chi connectivity index (χ0n) is 11.6. The molecule has 2 N–H and O–H groups in total. The molecular weight excluding hydrogens is 290 g/mol. The van der Waals surface area contributed by atoms with Crippen molar-refractivity contribution in [1.82, 2.24) is 4.90 Å². The Kier molecular flexibility index (Phi) is 5.64. The molecule has 2 unspecified atom stereocenters. The van der Waals surface area contributed by atoms with Crippen LogP contribution in [0.3, 0.4) is 0 Å². The normalized spacial score (nSPS) is 21.5. The summed E-state index contributed by atoms with van der Waals surface area (Å²) >= 11 is 1.68. The van der Waals surface area contributed by atoms with Crippen LogP contribution in [0.25, 0.3) is 0 Å². The summed E-state index contributed by atoms with van der Waals surface area (Å²) in [5.74, 6) is -0.421. The number of nitrogens with zero attached hydrogens (tertiary/aromatic N) is 1. The second-order valence-corrected chi connectivity index (χ2v) is 6.22. The van der Waals surface area contributed by atoms with Crippen LogP contribution >= 0.6 is 11.8 Å². The molecule has 2 atom stereocenters. The van der Waals surface area contributed by atoms with E-state index in [1.165, 1.54) is 4.90 Å². The molecule has 0 spiro atoms. The fraction of sp³-hybridized carbons (Fsp3) is 0.467. The van der Waals surface area contributed by atoms with Crippen molar-refractivity contribution in [3.63, 3.8) is 0 Å². The molecule has 5 nitrogen and oxygen atoms in total. The third-order valence-corrected chi connectivity index (χ3v) is 4.53. The molecule has 1 aromatic carbocycles. The first-order chi connectivity index (χ1) is 10.1. The van der Waals surface area contributed by atoms with E-state index >= 15 is 0 Å². The molecule has 0 aromatic heterocycles. The van der Waals surface area contributed by atoms with Crippen molar-refractivity contribution >= 4 is 23.6 Å². The molecule has 21 heavy (non-hydrogen) atoms. The number of rotatable bonds is 6. The Morgan fingerprint density at radius 3 is 2.67 bits per heavy atom. The van der Waals surface area contributed by atoms with Crippen molar-refractivity contribution < 1.29 is 19.8 Å². The summed E-state index contributed by atoms with van der Waals surface area (Å²) in [6.07, 6.45) is 0.404. The highest BCUT2D eigenvalue weighted by atomic mass is 32.2. The lowest BCUT2D eigenvalue weighted by molar-refractivity contribution is -0.148. The first kappa shape index (κ1) is 15.9. The van der Waals surface area contributed by atoms with Crippen molar-refractivity contribution in [1.29, 1.82) is 0 Å². The molecule has 6 heteroatoms. The van der Waals surface area contributed by atoms with Crippen LogP contribution in [0, 0.1) is 0 Å². The van der Waals surface area contributed by atoms with E-state index in [2.05, 4.69) is 0 Å². The zero-order valence-corrected chi connectivity index (χ0v) is 12.5. The van der Waals surface area contributed by atoms with Gasteiger partial charge in [-0.2, -0.15) is 0 Å². The van der Waals surface area contributed by atoms with Gasteiger partial charge >= 0.3 is 5.97 Å². The van der Waals surface area contributed by atoms with Crippen LogP contribution in [0.15, 0.2) is 35.2 Å². The summed E-state index contributed by atoms with van der Waals surface area (Å²) in [4.78, 5) is 25.6. The third kappa shape index (κ3) is 4.47. The molecule has 0 aliphatic carbocycles. The lowest BCUT2D eigenvalue weighted by atomic mass is 10.2. The topological polar surface area (TPSA) is 77.8 Å². The lowest BCUT2D eigenvalue weighted by Gasteiger charge is -2.21. The van der Waals surface area contributed by atoms with Gasteiger partial charge in [0.05, 0.1) is 6.10 Å². The van der Waals surface area contributed by atoms with Gasteiger partial charge in [0.15, 0.2) is 0 Å². The van der Waals surface area contributed by atoms with Gasteiger partial charge in [-0.1, -0.05) is 18.2 Å². The molecule has 1 aromatic rings. The van der Waals surface area contributed by atoms with E-state index in [-0.39, 0.29) is 18.9 Å². The number of aliphatic hydroxyl groups excluding tert-OH is 1. The number of carbonyl (C=O) groups is 2. The first-order valence-electron chi connectivity index (χ1n) is 6.96. The Hall–Kier alpha value is -1.53. The average Bonchev–Trinajstić information content (AvgIpc) is 2.87. The van der Waals surface area contributed by atoms with Gasteiger partial charge in [-0.05, 0) is 24.3 Å². The number of aliphatic hydroxyl groups is 1. The van der Waals surface area contributed by atoms with Crippen LogP contribution in [0.4, 0.5) is 0 Å². The van der Waals surface area contributed by atoms with E-state index in [9.17, 15) is 14.7 Å². The molecule has 2 rings (SSSR count). The third-order valence-electron chi connectivity index (χ3n) is 3.43. The molecule has 1 amide bonds. The van der Waals surface area contributed by atoms with Crippen molar-refractivity contribution in [2.45, 2.75) is 36.3 Å². The average molecular weight is 309 g/mol. The zero-order chi connectivity index (χ0) is 15.2. The van der Waals surface area contributed by atoms with Gasteiger partial charge in [-0.25, -0.2) is 4.79 Å². The monoisotopic (exact) mass is 309 g/mol. The van der Waals surface area contributed by atoms with Crippen LogP contribution in [-0.2, 0) is 9.59 Å². The number of hydrogen-bond acceptors (Lipinski definition) is 4. The number of carboxylic acid groups (broad SMARTS) is 1. The molecule has 0 bridgehead atoms. The predicted molar refractivity (Wildman–Crippen MR) is 80.2 cm³/mol. The number of carboxylic acids is 1. The smallest absolute Gasteiger partial charge is 0.326 e. The highest BCUT2D eigenvalue weighted by molar-refractivity contribution is 7.99. The highest BCUT2D eigenvalue weighted by Crippen LogP contribution is 2.22. The van der Waals surface area contributed by atoms with Crippen molar-refractivity contribution in [3.05, 3.63) is 30.3 Å². The number of benzene rings is 1. The van der Waals surface area contributed by atoms with E-state index in [1.807, 2.05) is 30.3 Å². The molecule has 0 radical (unpaired) electrons. The van der Waals surface area contributed by atoms with E-state index in [4.69, 9.17) is 5.11 Å². The van der Waals surface area contributed by atoms with Crippen LogP contribution in [-0.4, -0.2) is 51.4 Å². The number of thioether (sulfide) groups is 1. The Bertz CT molecular complexity index is 494. The predicted octanol–water partition coefficient (Wildman–Crippen LogP) is 1.61. The maximum absolute atomic E-state index is 12.1. The van der Waals surface area contributed by atoms with Gasteiger partial charge in [0.25, 0.3) is 0 Å². The van der Waals surface area contributed by atoms with E-state index in [1.54, 1.807) is 11.8 Å². The minimum Gasteiger partial charge on any atom is -0.480 e. The number of aliphatic carboxylic acids is 1. The fourth-order valence-corrected chi connectivity index (χ4v) is 3.27. The molecule has 1 aliphatic heterocycles. The van der Waals surface area contributed by atoms with Crippen LogP contribution < -0.4 is 0 Å². The van der Waals surface area contributed by atoms with Crippen LogP contribution in [0.2, 0.25) is 0 Å². The van der Waals surface area contributed by atoms with E-state index < -0.39 is 18.1 Å². The minimum absolute atomic E-state index is 0.125. The van der Waals surface area contributed by atoms with Gasteiger partial charge in [0.1, 0.15) is 6.04 Å². The van der Waals surface area contributed by atoms with Gasteiger partial charge in [-0.3, -0.25) is 4.79 Å². The van der Waals surface area contributed by atoms with Gasteiger partial charge in [0.2, 0.25) is 5.91 Å². The van der Waals surface area contributed by atoms with Crippen LogP contribution in [0.5, 0.6) is 0 Å². The largest absolute Gasteiger partial charge is 0.480 e. The van der Waals surface area contributed by atoms with Gasteiger partial charge < -0.3 is 15.1 Å². The fourth-order valence-electron chi connectivity index (χ4n) is 2.40. The number of β-amino-alcohol motifs (C(OH)–C–C–N with tert-alkyl or cyclic N) is 1. The number of likely N-dealkylation sites (tertiary alicyclic amines) is 1. The first-order valence-corrected chi connectivity index (χ1v) is 7.94. The Labute approximate surface area is 128 Å². The summed E-state index contributed by atoms with van der Waals surface area (Å²) in [5.41, 5.74) is 0. The van der Waals surface area contributed by atoms with Crippen molar-refractivity contribution in [3.8, 4) is 0 Å². The molecule has 1 saturated heterocycles. The summed E-state index contributed by atoms with van der Waals surface area (Å²) < 4.78 is 0. The van der Waals surface area contributed by atoms with E-state index in [0.717, 1.165) is 10.6 Å². The molecule has 0 saturated carbocycles. The Morgan fingerprint density at radius 2 is 2.00 bits per heavy atom. The Morgan fingerprint density at radius 1 is 1.29 bits per heavy atom. The van der Waals surface area contributed by atoms with Gasteiger partial charge in [-0.15, -0.1) is 11.8 Å². The maximum Gasteiger partial charge on any atom is 0.326 e. The lowest BCUT2D eigenvalue weighted by Crippen LogP contribution is -2.40. The van der Waals surface area contributed by atoms with Crippen LogP contribution in [0.1, 0.15) is 19.3 Å². The Balaban J connectivity index is 1.75. The summed E-state index contributed by atoms with van der Waals surface area (Å²) in [6.45, 7) is 0.127. The maximum atomic E-state index is 12.1. The molecular formula is C15H19NO4S. The van der Waals surface area contributed by atoms with Crippen molar-refractivity contribution in [2.24, 2.45) is 0 Å². The van der Waals surface area contributed by atoms with E-state index in [0.29, 0.717) is 12.8 Å². The molecule has 1 fully saturated rings. The summed E-state index contributed by atoms with van der Waals surface area (Å²) in [6, 6.07) is 9.05. The van der Waals surface area contributed by atoms with Crippen molar-refractivity contribution in [2.75, 3.05) is 12.3 Å². The molecule has 114 valence electrons. The summed E-state index contributed by atoms with van der Waals surface area (Å²) in [7, 11) is 0. The SMILES string of the molecule is O=C(O)C1CC(O)CN1C(=O)CCCSc1ccccc1. The minimum atomic E-state index is -1.04. The molecule has 1 heterocycles. The number of carbonyl (C=O) groups excluding carboxylic acids is 1. The second kappa shape index (κ2) is 7.47. The quantitative estimate of drug-likeness (QED) is 0.616. The number of hydrogen-bond donors (Lipinski definition) is 2. The standard InChI is InChI=1S/C15H19NO4S/c17-11-9-13(15(19)20)16(10-11)14(18)7-4-8-21-12-5-2-1-3-6-12/h1-3,5-6,11,13,17H,4,7-10H2,(H,19,20). The second-order valence-electron chi connectivity index (χ2n) is 5.05.